The van der Waals surface area contributed by atoms with Gasteiger partial charge < -0.3 is 4.84 Å². The first-order chi connectivity index (χ1) is 13.0. The van der Waals surface area contributed by atoms with Gasteiger partial charge in [-0.15, -0.1) is 0 Å². The minimum atomic E-state index is -0.953. The van der Waals surface area contributed by atoms with Crippen LogP contribution in [0.4, 0.5) is 13.2 Å². The first-order valence-corrected chi connectivity index (χ1v) is 8.29. The topological polar surface area (TPSA) is 65.2 Å². The Labute approximate surface area is 156 Å². The van der Waals surface area contributed by atoms with Crippen molar-refractivity contribution in [2.45, 2.75) is 13.0 Å². The minimum absolute atomic E-state index is 0.0487. The van der Waals surface area contributed by atoms with Crippen molar-refractivity contribution in [3.05, 3.63) is 64.3 Å². The van der Waals surface area contributed by atoms with Gasteiger partial charge in [-0.1, -0.05) is 28.9 Å². The monoisotopic (exact) mass is 393 g/mol. The lowest BCUT2D eigenvalue weighted by molar-refractivity contribution is 0.174. The van der Waals surface area contributed by atoms with E-state index in [1.807, 2.05) is 0 Å². The molecule has 0 saturated carbocycles. The summed E-state index contributed by atoms with van der Waals surface area (Å²) in [5, 5.41) is 7.96. The molecular formula is C17H11ClF3N5O. The molecule has 0 bridgehead atoms. The zero-order valence-electron chi connectivity index (χ0n) is 13.7. The normalized spacial score (nSPS) is 13.6. The van der Waals surface area contributed by atoms with Crippen LogP contribution in [-0.4, -0.2) is 32.1 Å². The lowest BCUT2D eigenvalue weighted by Crippen LogP contribution is -2.12. The van der Waals surface area contributed by atoms with E-state index < -0.39 is 17.5 Å². The van der Waals surface area contributed by atoms with Crippen LogP contribution < -0.4 is 0 Å². The van der Waals surface area contributed by atoms with Gasteiger partial charge in [0.05, 0.1) is 18.4 Å². The Bertz CT molecular complexity index is 1050. The molecule has 0 spiro atoms. The minimum Gasteiger partial charge on any atom is -0.395 e. The Hall–Kier alpha value is -2.94. The van der Waals surface area contributed by atoms with Gasteiger partial charge in [-0.2, -0.15) is 5.10 Å². The number of benzene rings is 1. The van der Waals surface area contributed by atoms with Crippen LogP contribution in [0.15, 0.2) is 35.6 Å². The van der Waals surface area contributed by atoms with Crippen LogP contribution in [-0.2, 0) is 11.4 Å². The van der Waals surface area contributed by atoms with E-state index in [0.29, 0.717) is 30.1 Å². The van der Waals surface area contributed by atoms with Crippen LogP contribution in [0.25, 0.3) is 11.5 Å². The van der Waals surface area contributed by atoms with Gasteiger partial charge in [0.25, 0.3) is 0 Å². The Balaban J connectivity index is 1.78. The third-order valence-electron chi connectivity index (χ3n) is 3.96. The largest absolute Gasteiger partial charge is 0.395 e. The highest BCUT2D eigenvalue weighted by Crippen LogP contribution is 2.22. The average molecular weight is 394 g/mol. The van der Waals surface area contributed by atoms with E-state index in [1.165, 1.54) is 16.8 Å². The SMILES string of the molecule is Fc1cnc(-c2cc(C3=NOCC3)n(Cc3cccc(F)c3F)n2)nc1Cl. The summed E-state index contributed by atoms with van der Waals surface area (Å²) >= 11 is 5.71. The number of aromatic nitrogens is 4. The molecule has 10 heteroatoms. The number of hydrogen-bond acceptors (Lipinski definition) is 5. The van der Waals surface area contributed by atoms with Crippen LogP contribution in [0.2, 0.25) is 5.15 Å². The number of halogens is 4. The molecule has 0 unspecified atom stereocenters. The Morgan fingerprint density at radius 2 is 2.04 bits per heavy atom. The molecular weight excluding hydrogens is 383 g/mol. The standard InChI is InChI=1S/C17H11ClF3N5O/c18-16-11(20)7-22-17(23-16)13-6-14(12-4-5-27-25-12)26(24-13)8-9-2-1-3-10(19)15(9)21/h1-3,6-7H,4-5,8H2. The fourth-order valence-corrected chi connectivity index (χ4v) is 2.80. The molecule has 0 amide bonds. The Kier molecular flexibility index (Phi) is 4.53. The maximum atomic E-state index is 14.1. The van der Waals surface area contributed by atoms with Gasteiger partial charge in [-0.05, 0) is 12.1 Å². The van der Waals surface area contributed by atoms with Crippen molar-refractivity contribution < 1.29 is 18.0 Å². The third-order valence-corrected chi connectivity index (χ3v) is 4.23. The molecule has 4 rings (SSSR count). The fourth-order valence-electron chi connectivity index (χ4n) is 2.67. The lowest BCUT2D eigenvalue weighted by atomic mass is 10.1. The Morgan fingerprint density at radius 3 is 2.78 bits per heavy atom. The predicted octanol–water partition coefficient (Wildman–Crippen LogP) is 3.58. The van der Waals surface area contributed by atoms with Crippen molar-refractivity contribution in [3.63, 3.8) is 0 Å². The van der Waals surface area contributed by atoms with Crippen LogP contribution >= 0.6 is 11.6 Å². The summed E-state index contributed by atoms with van der Waals surface area (Å²) < 4.78 is 42.4. The second kappa shape index (κ2) is 6.99. The van der Waals surface area contributed by atoms with Gasteiger partial charge in [-0.25, -0.2) is 23.1 Å². The quantitative estimate of drug-likeness (QED) is 0.635. The van der Waals surface area contributed by atoms with Gasteiger partial charge in [0.2, 0.25) is 0 Å². The molecule has 27 heavy (non-hydrogen) atoms. The molecule has 1 aliphatic rings. The van der Waals surface area contributed by atoms with E-state index in [2.05, 4.69) is 20.2 Å². The van der Waals surface area contributed by atoms with Crippen LogP contribution in [0.1, 0.15) is 17.7 Å². The van der Waals surface area contributed by atoms with Crippen molar-refractivity contribution >= 4 is 17.3 Å². The average Bonchev–Trinajstić information content (AvgIpc) is 3.31. The molecule has 0 saturated heterocycles. The van der Waals surface area contributed by atoms with E-state index in [-0.39, 0.29) is 23.1 Å². The first kappa shape index (κ1) is 17.5. The van der Waals surface area contributed by atoms with Crippen LogP contribution in [0.3, 0.4) is 0 Å². The zero-order chi connectivity index (χ0) is 19.0. The molecule has 1 aliphatic heterocycles. The maximum Gasteiger partial charge on any atom is 0.181 e. The Morgan fingerprint density at radius 1 is 1.19 bits per heavy atom. The molecule has 0 fully saturated rings. The first-order valence-electron chi connectivity index (χ1n) is 7.91. The zero-order valence-corrected chi connectivity index (χ0v) is 14.4. The molecule has 0 atom stereocenters. The molecule has 6 nitrogen and oxygen atoms in total. The molecule has 2 aromatic heterocycles. The van der Waals surface area contributed by atoms with Crippen molar-refractivity contribution in [3.8, 4) is 11.5 Å². The fraction of sp³-hybridized carbons (Fsp3) is 0.176. The summed E-state index contributed by atoms with van der Waals surface area (Å²) in [6, 6.07) is 5.53. The number of oxime groups is 1. The van der Waals surface area contributed by atoms with Crippen LogP contribution in [0.5, 0.6) is 0 Å². The van der Waals surface area contributed by atoms with E-state index in [1.54, 1.807) is 6.07 Å². The molecule has 0 N–H and O–H groups in total. The van der Waals surface area contributed by atoms with Gasteiger partial charge in [-0.3, -0.25) is 4.68 Å². The highest BCUT2D eigenvalue weighted by atomic mass is 35.5. The predicted molar refractivity (Wildman–Crippen MR) is 90.8 cm³/mol. The number of rotatable bonds is 4. The van der Waals surface area contributed by atoms with E-state index >= 15 is 0 Å². The van der Waals surface area contributed by atoms with Gasteiger partial charge in [0, 0.05) is 12.0 Å². The van der Waals surface area contributed by atoms with Gasteiger partial charge in [0.15, 0.2) is 28.4 Å². The van der Waals surface area contributed by atoms with Crippen molar-refractivity contribution in [1.82, 2.24) is 19.7 Å². The summed E-state index contributed by atoms with van der Waals surface area (Å²) in [5.74, 6) is -2.56. The highest BCUT2D eigenvalue weighted by molar-refractivity contribution is 6.29. The van der Waals surface area contributed by atoms with Crippen LogP contribution in [0, 0.1) is 17.5 Å². The molecule has 138 valence electrons. The van der Waals surface area contributed by atoms with E-state index in [4.69, 9.17) is 16.4 Å². The third kappa shape index (κ3) is 3.37. The smallest absolute Gasteiger partial charge is 0.181 e. The van der Waals surface area contributed by atoms with Crippen molar-refractivity contribution in [2.75, 3.05) is 6.61 Å². The summed E-state index contributed by atoms with van der Waals surface area (Å²) in [6.07, 6.45) is 1.47. The second-order valence-corrected chi connectivity index (χ2v) is 6.10. The summed E-state index contributed by atoms with van der Waals surface area (Å²) in [5.41, 5.74) is 1.54. The molecule has 0 radical (unpaired) electrons. The van der Waals surface area contributed by atoms with Crippen molar-refractivity contribution in [2.24, 2.45) is 5.16 Å². The maximum absolute atomic E-state index is 14.1. The van der Waals surface area contributed by atoms with E-state index in [9.17, 15) is 13.2 Å². The van der Waals surface area contributed by atoms with E-state index in [0.717, 1.165) is 12.3 Å². The summed E-state index contributed by atoms with van der Waals surface area (Å²) in [4.78, 5) is 12.8. The second-order valence-electron chi connectivity index (χ2n) is 5.74. The lowest BCUT2D eigenvalue weighted by Gasteiger charge is -2.08. The van der Waals surface area contributed by atoms with Crippen molar-refractivity contribution in [1.29, 1.82) is 0 Å². The molecule has 1 aromatic carbocycles. The molecule has 0 aliphatic carbocycles. The summed E-state index contributed by atoms with van der Waals surface area (Å²) in [6.45, 7) is 0.357. The number of hydrogen-bond donors (Lipinski definition) is 0. The highest BCUT2D eigenvalue weighted by Gasteiger charge is 2.21. The molecule has 3 aromatic rings. The summed E-state index contributed by atoms with van der Waals surface area (Å²) in [7, 11) is 0. The number of nitrogens with zero attached hydrogens (tertiary/aromatic N) is 5. The molecule has 3 heterocycles. The van der Waals surface area contributed by atoms with Gasteiger partial charge in [0.1, 0.15) is 18.0 Å². The van der Waals surface area contributed by atoms with Gasteiger partial charge >= 0.3 is 0 Å².